The number of nitrogens with two attached hydrogens (primary N) is 1. The zero-order valence-electron chi connectivity index (χ0n) is 5.90. The monoisotopic (exact) mass is 169 g/mol. The number of aromatic nitrogens is 3. The molecule has 1 rings (SSSR count). The van der Waals surface area contributed by atoms with Gasteiger partial charge in [-0.05, 0) is 0 Å². The minimum Gasteiger partial charge on any atom is -0.368 e. The molecule has 0 aliphatic rings. The molecule has 12 heavy (non-hydrogen) atoms. The van der Waals surface area contributed by atoms with Gasteiger partial charge in [0.25, 0.3) is 0 Å². The Labute approximate surface area is 65.8 Å². The van der Waals surface area contributed by atoms with Gasteiger partial charge < -0.3 is 5.73 Å². The Balaban J connectivity index is 3.18. The third-order valence-electron chi connectivity index (χ3n) is 1.08. The average molecular weight is 169 g/mol. The van der Waals surface area contributed by atoms with Crippen molar-refractivity contribution in [3.63, 3.8) is 0 Å². The first-order valence-electron chi connectivity index (χ1n) is 2.97. The van der Waals surface area contributed by atoms with Crippen molar-refractivity contribution in [1.29, 1.82) is 0 Å². The highest BCUT2D eigenvalue weighted by atomic mass is 16.2. The fraction of sp³-hybridized carbons (Fsp3) is 0.200. The van der Waals surface area contributed by atoms with Crippen molar-refractivity contribution >= 4 is 5.91 Å². The molecule has 0 fully saturated rings. The Morgan fingerprint density at radius 3 is 2.92 bits per heavy atom. The highest BCUT2D eigenvalue weighted by Gasteiger charge is 2.02. The van der Waals surface area contributed by atoms with Gasteiger partial charge in [-0.2, -0.15) is 5.10 Å². The summed E-state index contributed by atoms with van der Waals surface area (Å²) >= 11 is 0. The van der Waals surface area contributed by atoms with Crippen molar-refractivity contribution in [2.24, 2.45) is 5.73 Å². The summed E-state index contributed by atoms with van der Waals surface area (Å²) in [5, 5.41) is 5.06. The van der Waals surface area contributed by atoms with Crippen LogP contribution in [-0.4, -0.2) is 20.7 Å². The van der Waals surface area contributed by atoms with Crippen LogP contribution in [0.3, 0.4) is 0 Å². The quantitative estimate of drug-likeness (QED) is 0.466. The zero-order valence-corrected chi connectivity index (χ0v) is 5.90. The van der Waals surface area contributed by atoms with Crippen LogP contribution >= 0.6 is 0 Å². The molecule has 63 valence electrons. The molecule has 1 heterocycles. The molecule has 0 unspecified atom stereocenters. The van der Waals surface area contributed by atoms with E-state index in [1.54, 1.807) is 0 Å². The number of primary amides is 1. The molecule has 1 aromatic heterocycles. The van der Waals surface area contributed by atoms with Gasteiger partial charge in [-0.25, -0.2) is 5.10 Å². The molecule has 0 spiro atoms. The van der Waals surface area contributed by atoms with Crippen LogP contribution in [0.1, 0.15) is 0 Å². The van der Waals surface area contributed by atoms with E-state index in [2.05, 4.69) is 11.4 Å². The van der Waals surface area contributed by atoms with E-state index in [0.717, 1.165) is 0 Å². The normalized spacial score (nSPS) is 9.67. The number of rotatable bonds is 2. The Hall–Kier alpha value is -1.92. The highest BCUT2D eigenvalue weighted by Crippen LogP contribution is 1.69. The van der Waals surface area contributed by atoms with E-state index < -0.39 is 23.6 Å². The van der Waals surface area contributed by atoms with Gasteiger partial charge in [-0.3, -0.25) is 19.0 Å². The molecular weight excluding hydrogens is 164 g/mol. The molecule has 0 aromatic carbocycles. The van der Waals surface area contributed by atoms with Gasteiger partial charge in [0.15, 0.2) is 0 Å². The number of H-pyrrole nitrogens is 1. The Bertz CT molecular complexity index is 404. The fourth-order valence-corrected chi connectivity index (χ4v) is 0.615. The largest absolute Gasteiger partial charge is 0.368 e. The van der Waals surface area contributed by atoms with Crippen molar-refractivity contribution in [1.82, 2.24) is 14.8 Å². The van der Waals surface area contributed by atoms with Crippen molar-refractivity contribution < 1.29 is 4.79 Å². The van der Waals surface area contributed by atoms with Gasteiger partial charge in [-0.1, -0.05) is 0 Å². The molecule has 0 atom stereocenters. The average Bonchev–Trinajstić information content (AvgIpc) is 1.98. The lowest BCUT2D eigenvalue weighted by atomic mass is 10.6. The van der Waals surface area contributed by atoms with Crippen LogP contribution in [0.2, 0.25) is 0 Å². The van der Waals surface area contributed by atoms with E-state index in [1.165, 1.54) is 0 Å². The van der Waals surface area contributed by atoms with E-state index >= 15 is 0 Å². The summed E-state index contributed by atoms with van der Waals surface area (Å²) in [6, 6.07) is 0. The first-order chi connectivity index (χ1) is 5.61. The molecule has 3 N–H and O–H groups in total. The minimum atomic E-state index is -0.907. The van der Waals surface area contributed by atoms with E-state index in [0.29, 0.717) is 4.57 Å². The van der Waals surface area contributed by atoms with Crippen molar-refractivity contribution in [3.05, 3.63) is 27.0 Å². The summed E-state index contributed by atoms with van der Waals surface area (Å²) in [6.45, 7) is -0.393. The third-order valence-corrected chi connectivity index (χ3v) is 1.08. The summed E-state index contributed by atoms with van der Waals surface area (Å²) in [5.41, 5.74) is 2.98. The van der Waals surface area contributed by atoms with Crippen LogP contribution in [0.15, 0.2) is 9.59 Å². The predicted octanol–water partition coefficient (Wildman–Crippen LogP) is -2.78. The summed E-state index contributed by atoms with van der Waals surface area (Å²) in [4.78, 5) is 31.8. The number of carbonyl (C=O) groups is 1. The van der Waals surface area contributed by atoms with Gasteiger partial charge in [-0.15, -0.1) is 0 Å². The number of nitrogens with zero attached hydrogens (tertiary/aromatic N) is 2. The summed E-state index contributed by atoms with van der Waals surface area (Å²) < 4.78 is 0.709. The molecule has 0 aliphatic carbocycles. The van der Waals surface area contributed by atoms with Crippen LogP contribution in [0.5, 0.6) is 0 Å². The van der Waals surface area contributed by atoms with Gasteiger partial charge in [0, 0.05) is 0 Å². The summed E-state index contributed by atoms with van der Waals surface area (Å²) in [7, 11) is 0. The maximum Gasteiger partial charge on any atom is 0.330 e. The summed E-state index contributed by atoms with van der Waals surface area (Å²) in [6.07, 6.45) is 2.11. The predicted molar refractivity (Wildman–Crippen MR) is 37.1 cm³/mol. The second-order valence-corrected chi connectivity index (χ2v) is 2.01. The molecule has 0 aliphatic heterocycles. The smallest absolute Gasteiger partial charge is 0.330 e. The van der Waals surface area contributed by atoms with Gasteiger partial charge in [0.1, 0.15) is 6.54 Å². The Morgan fingerprint density at radius 2 is 2.33 bits per heavy atom. The van der Waals surface area contributed by atoms with Crippen molar-refractivity contribution in [2.45, 2.75) is 6.54 Å². The zero-order chi connectivity index (χ0) is 9.14. The highest BCUT2D eigenvalue weighted by molar-refractivity contribution is 5.73. The van der Waals surface area contributed by atoms with Crippen LogP contribution in [0.4, 0.5) is 0 Å². The lowest BCUT2D eigenvalue weighted by molar-refractivity contribution is -0.118. The van der Waals surface area contributed by atoms with E-state index in [9.17, 15) is 14.4 Å². The maximum atomic E-state index is 10.8. The van der Waals surface area contributed by atoms with E-state index in [4.69, 9.17) is 5.73 Å². The summed E-state index contributed by atoms with van der Waals surface area (Å²) in [5.74, 6) is -0.735. The first kappa shape index (κ1) is 8.18. The third kappa shape index (κ3) is 1.57. The Morgan fingerprint density at radius 1 is 1.67 bits per heavy atom. The molecule has 7 nitrogen and oxygen atoms in total. The van der Waals surface area contributed by atoms with Crippen LogP contribution in [0.25, 0.3) is 0 Å². The number of hydrogen-bond donors (Lipinski definition) is 2. The molecular formula is C5H5N4O3. The van der Waals surface area contributed by atoms with Gasteiger partial charge in [0.05, 0.1) is 0 Å². The first-order valence-corrected chi connectivity index (χ1v) is 2.97. The standard InChI is InChI=1S/C5H5N4O3/c6-3(10)1-9-2-7-8-4(11)5(9)12/h1H2,(H2,6,10)(H,8,11). The number of amides is 1. The van der Waals surface area contributed by atoms with E-state index in [1.807, 2.05) is 5.10 Å². The topological polar surface area (TPSA) is 111 Å². The fourth-order valence-electron chi connectivity index (χ4n) is 0.615. The molecule has 1 radical (unpaired) electrons. The number of carbonyl (C=O) groups excluding carboxylic acids is 1. The Kier molecular flexibility index (Phi) is 2.04. The van der Waals surface area contributed by atoms with Crippen LogP contribution in [-0.2, 0) is 11.3 Å². The molecule has 7 heteroatoms. The number of hydrogen-bond acceptors (Lipinski definition) is 4. The van der Waals surface area contributed by atoms with Crippen LogP contribution in [0, 0.1) is 6.33 Å². The second-order valence-electron chi connectivity index (χ2n) is 2.01. The maximum absolute atomic E-state index is 10.8. The SMILES string of the molecule is NC(=O)Cn1[c]n[nH]c(=O)c1=O. The number of nitrogens with one attached hydrogen (secondary N) is 1. The van der Waals surface area contributed by atoms with E-state index in [-0.39, 0.29) is 0 Å². The molecule has 0 saturated heterocycles. The van der Waals surface area contributed by atoms with Crippen LogP contribution < -0.4 is 16.9 Å². The molecule has 1 aromatic rings. The molecule has 0 saturated carbocycles. The molecule has 1 amide bonds. The minimum absolute atomic E-state index is 0.393. The van der Waals surface area contributed by atoms with Gasteiger partial charge >= 0.3 is 11.1 Å². The second kappa shape index (κ2) is 2.99. The lowest BCUT2D eigenvalue weighted by Crippen LogP contribution is -2.39. The lowest BCUT2D eigenvalue weighted by Gasteiger charge is -1.96. The number of aromatic amines is 1. The van der Waals surface area contributed by atoms with Crippen molar-refractivity contribution in [3.8, 4) is 0 Å². The van der Waals surface area contributed by atoms with Crippen molar-refractivity contribution in [2.75, 3.05) is 0 Å². The van der Waals surface area contributed by atoms with Gasteiger partial charge in [0.2, 0.25) is 12.2 Å². The molecule has 0 bridgehead atoms.